The first-order chi connectivity index (χ1) is 46.2. The predicted molar refractivity (Wildman–Crippen MR) is 359 cm³/mol. The third kappa shape index (κ3) is 26.0. The minimum Gasteiger partial charge on any atom is -0.508 e. The van der Waals surface area contributed by atoms with Crippen molar-refractivity contribution in [3.8, 4) is 5.75 Å². The summed E-state index contributed by atoms with van der Waals surface area (Å²) in [4.78, 5) is 152. The van der Waals surface area contributed by atoms with Crippen LogP contribution < -0.4 is 48.5 Å². The molecule has 5 radical (unpaired) electrons. The van der Waals surface area contributed by atoms with Crippen LogP contribution in [0.4, 0.5) is 51.0 Å². The van der Waals surface area contributed by atoms with Gasteiger partial charge in [0, 0.05) is 85.1 Å². The van der Waals surface area contributed by atoms with Crippen molar-refractivity contribution in [3.63, 3.8) is 0 Å². The lowest BCUT2D eigenvalue weighted by Gasteiger charge is -2.20. The Kier molecular flexibility index (Phi) is 34.9. The van der Waals surface area contributed by atoms with Crippen molar-refractivity contribution in [2.75, 3.05) is 13.1 Å². The largest absolute Gasteiger partial charge is 0.508 e. The molecular weight excluding hydrogens is 1320 g/mol. The summed E-state index contributed by atoms with van der Waals surface area (Å²) < 4.78 is 27.3. The summed E-state index contributed by atoms with van der Waals surface area (Å²) in [7, 11) is 10.0. The van der Waals surface area contributed by atoms with Crippen LogP contribution in [0.15, 0.2) is 115 Å². The Balaban J connectivity index is -0.000000558. The summed E-state index contributed by atoms with van der Waals surface area (Å²) in [5.74, 6) is -5.10. The number of benzene rings is 5. The molecule has 0 spiro atoms. The van der Waals surface area contributed by atoms with E-state index in [9.17, 15) is 88.4 Å². The lowest BCUT2D eigenvalue weighted by Crippen LogP contribution is -2.52. The summed E-state index contributed by atoms with van der Waals surface area (Å²) in [6.07, 6.45) is 0. The van der Waals surface area contributed by atoms with E-state index in [2.05, 4.69) is 76.7 Å². The number of halogens is 3. The van der Waals surface area contributed by atoms with E-state index in [1.807, 2.05) is 26.0 Å². The molecule has 3 aliphatic rings. The minimum absolute atomic E-state index is 0. The van der Waals surface area contributed by atoms with Crippen molar-refractivity contribution in [2.24, 2.45) is 5.73 Å². The molecule has 0 saturated carbocycles. The number of hydrogen-bond acceptors (Lipinski definition) is 20. The van der Waals surface area contributed by atoms with Crippen LogP contribution in [0.5, 0.6) is 5.75 Å². The number of carboxylic acid groups (broad SMARTS) is 2. The molecule has 13 N–H and O–H groups in total. The summed E-state index contributed by atoms with van der Waals surface area (Å²) in [6, 6.07) is 19.9. The molecule has 1 aromatic heterocycles. The molecule has 0 aliphatic carbocycles. The van der Waals surface area contributed by atoms with Gasteiger partial charge in [0.15, 0.2) is 0 Å². The van der Waals surface area contributed by atoms with Gasteiger partial charge in [0.05, 0.1) is 37.1 Å². The number of nitro benzene ring substituents is 4. The third-order valence-electron chi connectivity index (χ3n) is 12.9. The third-order valence-corrected chi connectivity index (χ3v) is 12.9. The van der Waals surface area contributed by atoms with Crippen LogP contribution in [0.3, 0.4) is 0 Å². The van der Waals surface area contributed by atoms with Gasteiger partial charge in [-0.05, 0) is 103 Å². The highest BCUT2D eigenvalue weighted by molar-refractivity contribution is 7.17. The highest BCUT2D eigenvalue weighted by atomic mass is 20.0. The van der Waals surface area contributed by atoms with Crippen molar-refractivity contribution >= 4 is 110 Å². The number of urea groups is 3. The number of nitrogens with two attached hydrogens (primary N) is 1. The number of H-pyrrole nitrogens is 1. The second-order valence-corrected chi connectivity index (χ2v) is 20.8. The van der Waals surface area contributed by atoms with Crippen LogP contribution in [0, 0.1) is 75.1 Å². The zero-order valence-corrected chi connectivity index (χ0v) is 53.1. The zero-order chi connectivity index (χ0) is 76.6. The molecule has 6 aromatic rings. The number of carboxylic acids is 2. The zero-order valence-electron chi connectivity index (χ0n) is 55.1. The predicted octanol–water partition coefficient (Wildman–Crippen LogP) is 5.76. The lowest BCUT2D eigenvalue weighted by molar-refractivity contribution is -0.385. The molecule has 5 aromatic carbocycles. The number of amides is 10. The number of aromatic hydroxyl groups is 1. The standard InChI is InChI=1S/C13H14N4O5.C13H14N4O3.C8H7NO4.C8H9NO2.C7H5NO5.C5H9N3O2.C3H4.CH4.B3.F2.FH.2H2/c1-7-3-4-9(17(21)22)8(5-7)10(18)14-6-13(2)11(19)15-12(20)16-13;1-7-3-4-9-8(5-7)10(18)17(16-9)6-13(2)11(19)14-12(20)15-13;1-5-2-3-7(9(12)13)6(4-5)8(10)11;1-6-3-4-8(9(10)11)7(2)5-6;9-4-1-2-6(8(12)13)5(3-4)7(10)11;1-5(2-6)3(9)7-4(10)8-5;1-3-2;;1-3-2;1-2;;;/h3-5H,6H2,1-2H3,(H,14,18)(H2,15,16,19,20);3-5,16H,6H2,1-2H3,(H2,14,15,19,20);2-4H,1H3,(H,10,11);3-5H,1-2H3;1-3,9H,(H,10,11);2,6H2,1H3,(H2,7,8,9,10);1-2H2;1H4;;;3*1H/i;;;;;;;;;;;1+1D;1+1. The van der Waals surface area contributed by atoms with Gasteiger partial charge >= 0.3 is 30.0 Å². The number of fused-ring (bicyclic) bond motifs is 1. The summed E-state index contributed by atoms with van der Waals surface area (Å²) in [5, 5.41) is 87.6. The first-order valence-corrected chi connectivity index (χ1v) is 27.1. The molecule has 99 heavy (non-hydrogen) atoms. The number of phenols is 1. The van der Waals surface area contributed by atoms with Crippen molar-refractivity contribution in [3.05, 3.63) is 205 Å². The number of carbonyl (C=O) groups is 9. The van der Waals surface area contributed by atoms with Crippen LogP contribution in [-0.2, 0) is 20.9 Å². The van der Waals surface area contributed by atoms with E-state index in [-0.39, 0.29) is 83.5 Å². The topological polar surface area (TPSA) is 535 Å². The SMILES string of the molecule is C.C=C=C.CC1(CN)NC(=O)NC1=O.Cc1ccc([N+](=O)[O-])c(C(=O)NCC2(C)NC(=O)NC2=O)c1.Cc1ccc([N+](=O)[O-])c(C(=O)O)c1.Cc1ccc([N+](=O)[O-])c(C)c1.Cc1ccc2[nH]n(CC3(C)NC(=O)NC3=O)c(=O)c2c1.F.FF.O=C(O)c1cc(O)ccc1[N+](=O)[O-].[2HH].[2H][2H].[B][B][B]. The maximum absolute atomic E-state index is 12.3. The fourth-order valence-corrected chi connectivity index (χ4v) is 8.01. The number of aromatic carboxylic acids is 2. The highest BCUT2D eigenvalue weighted by Crippen LogP contribution is 2.25. The molecule has 3 atom stereocenters. The molecule has 4 heterocycles. The second kappa shape index (κ2) is 40.0. The van der Waals surface area contributed by atoms with Crippen LogP contribution >= 0.6 is 0 Å². The number of aromatic nitrogens is 2. The van der Waals surface area contributed by atoms with Gasteiger partial charge in [0.1, 0.15) is 39.1 Å². The van der Waals surface area contributed by atoms with Crippen molar-refractivity contribution in [1.82, 2.24) is 47.0 Å². The molecule has 3 unspecified atom stereocenters. The van der Waals surface area contributed by atoms with E-state index in [1.165, 1.54) is 54.1 Å². The summed E-state index contributed by atoms with van der Waals surface area (Å²) in [5.41, 5.74) is 6.85. The van der Waals surface area contributed by atoms with E-state index in [1.54, 1.807) is 52.8 Å². The number of rotatable bonds is 12. The number of nitro groups is 4. The smallest absolute Gasteiger partial charge is 0.342 e. The Morgan fingerprint density at radius 3 is 1.33 bits per heavy atom. The first kappa shape index (κ1) is 86.5. The average Bonchev–Trinajstić information content (AvgIpc) is 1.62. The molecule has 41 heteroatoms. The average molecular weight is 1390 g/mol. The quantitative estimate of drug-likeness (QED) is 0.0228. The Bertz CT molecular complexity index is 4070. The second-order valence-electron chi connectivity index (χ2n) is 20.8. The van der Waals surface area contributed by atoms with Crippen molar-refractivity contribution in [1.29, 1.82) is 0 Å². The lowest BCUT2D eigenvalue weighted by atomic mass is 9.40. The van der Waals surface area contributed by atoms with E-state index < -0.39 is 90.4 Å². The number of nitrogens with zero attached hydrogens (tertiary/aromatic N) is 5. The molecule has 529 valence electrons. The van der Waals surface area contributed by atoms with Gasteiger partial charge < -0.3 is 42.3 Å². The molecule has 0 bridgehead atoms. The van der Waals surface area contributed by atoms with E-state index in [0.717, 1.165) is 42.0 Å². The Labute approximate surface area is 567 Å². The van der Waals surface area contributed by atoms with Gasteiger partial charge in [-0.3, -0.25) is 90.2 Å². The number of nitrogens with one attached hydrogen (secondary N) is 8. The maximum Gasteiger partial charge on any atom is 0.342 e. The van der Waals surface area contributed by atoms with Crippen LogP contribution in [-0.4, -0.2) is 151 Å². The first-order valence-electron chi connectivity index (χ1n) is 28.1. The molecule has 35 nitrogen and oxygen atoms in total. The number of aryl methyl sites for hydroxylation is 5. The normalized spacial score (nSPS) is 16.1. The number of phenolic OH excluding ortho intramolecular Hbond substituents is 1. The van der Waals surface area contributed by atoms with E-state index in [4.69, 9.17) is 33.2 Å². The van der Waals surface area contributed by atoms with Gasteiger partial charge in [0.25, 0.3) is 51.9 Å². The fraction of sp³-hybridized carbons (Fsp3) is 0.259. The van der Waals surface area contributed by atoms with Gasteiger partial charge in [-0.25, -0.2) is 28.7 Å². The number of carbonyl (C=O) groups excluding carboxylic acids is 7. The summed E-state index contributed by atoms with van der Waals surface area (Å²) >= 11 is 0. The van der Waals surface area contributed by atoms with Crippen molar-refractivity contribution in [2.45, 2.75) is 86.0 Å². The molecule has 9 rings (SSSR count). The molecular formula is C58H71B3F3N14O21. The Morgan fingerprint density at radius 1 is 0.616 bits per heavy atom. The van der Waals surface area contributed by atoms with Crippen LogP contribution in [0.2, 0.25) is 0 Å². The maximum atomic E-state index is 12.3. The molecule has 3 fully saturated rings. The summed E-state index contributed by atoms with van der Waals surface area (Å²) in [6.45, 7) is 19.8. The number of imide groups is 3. The van der Waals surface area contributed by atoms with Gasteiger partial charge in [0.2, 0.25) is 0 Å². The van der Waals surface area contributed by atoms with E-state index >= 15 is 0 Å². The molecule has 10 amide bonds. The van der Waals surface area contributed by atoms with Gasteiger partial charge in [-0.15, -0.1) is 5.73 Å². The number of aromatic amines is 1. The van der Waals surface area contributed by atoms with Gasteiger partial charge in [-0.2, -0.15) is 0 Å². The molecule has 3 saturated heterocycles. The van der Waals surface area contributed by atoms with Crippen LogP contribution in [0.1, 0.15) is 91.5 Å². The molecule has 3 aliphatic heterocycles. The highest BCUT2D eigenvalue weighted by Gasteiger charge is 2.44. The van der Waals surface area contributed by atoms with Gasteiger partial charge in [-0.1, -0.05) is 56.0 Å². The van der Waals surface area contributed by atoms with E-state index in [0.29, 0.717) is 22.0 Å². The number of hydrogen-bond donors (Lipinski definition) is 12. The minimum atomic E-state index is -1.44. The monoisotopic (exact) mass is 1390 g/mol. The van der Waals surface area contributed by atoms with Crippen molar-refractivity contribution < 1.29 is 96.4 Å². The Morgan fingerprint density at radius 2 is 0.960 bits per heavy atom. The Hall–Kier alpha value is -12.5. The fourth-order valence-electron chi connectivity index (χ4n) is 8.01. The van der Waals surface area contributed by atoms with Crippen LogP contribution in [0.25, 0.3) is 10.9 Å².